The Balaban J connectivity index is 4.00. The molecule has 0 aromatic heterocycles. The maximum Gasteiger partial charge on any atom is 0.221 e. The first kappa shape index (κ1) is 12.3. The quantitative estimate of drug-likeness (QED) is 0.555. The van der Waals surface area contributed by atoms with Gasteiger partial charge in [0.05, 0.1) is 0 Å². The van der Waals surface area contributed by atoms with Crippen molar-refractivity contribution in [3.05, 3.63) is 0 Å². The second-order valence-electron chi connectivity index (χ2n) is 3.55. The van der Waals surface area contributed by atoms with Crippen molar-refractivity contribution in [2.24, 2.45) is 5.73 Å². The lowest BCUT2D eigenvalue weighted by atomic mass is 10.0. The molecular formula is C8H16N2O2S. The molecule has 0 saturated carbocycles. The van der Waals surface area contributed by atoms with Crippen LogP contribution in [0.15, 0.2) is 0 Å². The van der Waals surface area contributed by atoms with Crippen LogP contribution >= 0.6 is 12.6 Å². The van der Waals surface area contributed by atoms with Crippen LogP contribution in [0.1, 0.15) is 26.7 Å². The Kier molecular flexibility index (Phi) is 4.83. The van der Waals surface area contributed by atoms with Crippen molar-refractivity contribution in [1.82, 2.24) is 5.32 Å². The van der Waals surface area contributed by atoms with E-state index in [9.17, 15) is 9.59 Å². The first-order valence-corrected chi connectivity index (χ1v) is 4.71. The van der Waals surface area contributed by atoms with Crippen LogP contribution < -0.4 is 11.1 Å². The maximum atomic E-state index is 11.1. The van der Waals surface area contributed by atoms with Gasteiger partial charge < -0.3 is 11.1 Å². The van der Waals surface area contributed by atoms with Gasteiger partial charge in [0.15, 0.2) is 0 Å². The van der Waals surface area contributed by atoms with Crippen molar-refractivity contribution in [3.63, 3.8) is 0 Å². The maximum absolute atomic E-state index is 11.1. The molecule has 3 N–H and O–H groups in total. The van der Waals surface area contributed by atoms with Gasteiger partial charge in [-0.05, 0) is 19.6 Å². The van der Waals surface area contributed by atoms with Crippen molar-refractivity contribution in [1.29, 1.82) is 0 Å². The molecule has 5 heteroatoms. The monoisotopic (exact) mass is 204 g/mol. The minimum Gasteiger partial charge on any atom is -0.370 e. The van der Waals surface area contributed by atoms with E-state index >= 15 is 0 Å². The largest absolute Gasteiger partial charge is 0.370 e. The zero-order valence-electron chi connectivity index (χ0n) is 7.96. The van der Waals surface area contributed by atoms with Crippen LogP contribution in [0.2, 0.25) is 0 Å². The van der Waals surface area contributed by atoms with Crippen LogP contribution in [0, 0.1) is 0 Å². The van der Waals surface area contributed by atoms with E-state index in [2.05, 4.69) is 17.9 Å². The zero-order valence-corrected chi connectivity index (χ0v) is 8.86. The average Bonchev–Trinajstić information content (AvgIpc) is 1.81. The summed E-state index contributed by atoms with van der Waals surface area (Å²) in [6, 6.07) is 0. The fourth-order valence-electron chi connectivity index (χ4n) is 1.02. The van der Waals surface area contributed by atoms with Crippen LogP contribution in [0.5, 0.6) is 0 Å². The molecule has 0 spiro atoms. The molecular weight excluding hydrogens is 188 g/mol. The summed E-state index contributed by atoms with van der Waals surface area (Å²) in [6.45, 7) is 3.52. The van der Waals surface area contributed by atoms with Gasteiger partial charge in [0.2, 0.25) is 11.8 Å². The van der Waals surface area contributed by atoms with Gasteiger partial charge in [0, 0.05) is 18.4 Å². The number of hydrogen-bond donors (Lipinski definition) is 3. The number of thiol groups is 1. The molecule has 13 heavy (non-hydrogen) atoms. The Bertz CT molecular complexity index is 204. The minimum atomic E-state index is -0.564. The number of rotatable bonds is 5. The van der Waals surface area contributed by atoms with E-state index in [1.54, 1.807) is 13.8 Å². The second-order valence-corrected chi connectivity index (χ2v) is 4.00. The third-order valence-corrected chi connectivity index (χ3v) is 1.66. The molecule has 0 aliphatic heterocycles. The standard InChI is InChI=1S/C8H16N2O2S/c1-8(2,5-6(9)11)10-7(12)3-4-13/h13H,3-5H2,1-2H3,(H2,9,11)(H,10,12). The lowest BCUT2D eigenvalue weighted by Crippen LogP contribution is -2.46. The van der Waals surface area contributed by atoms with E-state index in [0.717, 1.165) is 0 Å². The van der Waals surface area contributed by atoms with E-state index in [1.807, 2.05) is 0 Å². The fourth-order valence-corrected chi connectivity index (χ4v) is 1.22. The van der Waals surface area contributed by atoms with Crippen LogP contribution in [-0.4, -0.2) is 23.1 Å². The molecule has 0 aromatic carbocycles. The number of hydrogen-bond acceptors (Lipinski definition) is 3. The first-order chi connectivity index (χ1) is 5.87. The number of nitrogens with two attached hydrogens (primary N) is 1. The van der Waals surface area contributed by atoms with Crippen LogP contribution in [0.4, 0.5) is 0 Å². The Labute approximate surface area is 83.7 Å². The molecule has 0 rings (SSSR count). The number of carbonyl (C=O) groups excluding carboxylic acids is 2. The van der Waals surface area contributed by atoms with E-state index in [4.69, 9.17) is 5.73 Å². The summed E-state index contributed by atoms with van der Waals surface area (Å²) >= 11 is 3.93. The van der Waals surface area contributed by atoms with E-state index in [0.29, 0.717) is 12.2 Å². The molecule has 76 valence electrons. The molecule has 0 aliphatic rings. The van der Waals surface area contributed by atoms with Gasteiger partial charge >= 0.3 is 0 Å². The normalized spacial score (nSPS) is 11.0. The topological polar surface area (TPSA) is 72.2 Å². The Morgan fingerprint density at radius 1 is 1.46 bits per heavy atom. The predicted octanol–water partition coefficient (Wildman–Crippen LogP) is 0.0765. The molecule has 0 saturated heterocycles. The van der Waals surface area contributed by atoms with Crippen molar-refractivity contribution in [2.75, 3.05) is 5.75 Å². The minimum absolute atomic E-state index is 0.110. The Hall–Kier alpha value is -0.710. The van der Waals surface area contributed by atoms with Crippen molar-refractivity contribution in [2.45, 2.75) is 32.2 Å². The van der Waals surface area contributed by atoms with Gasteiger partial charge in [0.1, 0.15) is 0 Å². The van der Waals surface area contributed by atoms with E-state index < -0.39 is 11.4 Å². The summed E-state index contributed by atoms with van der Waals surface area (Å²) in [5.41, 5.74) is 4.46. The van der Waals surface area contributed by atoms with Gasteiger partial charge in [-0.3, -0.25) is 9.59 Å². The lowest BCUT2D eigenvalue weighted by molar-refractivity contribution is -0.123. The molecule has 0 aliphatic carbocycles. The van der Waals surface area contributed by atoms with Crippen molar-refractivity contribution < 1.29 is 9.59 Å². The van der Waals surface area contributed by atoms with Crippen LogP contribution in [0.25, 0.3) is 0 Å². The summed E-state index contributed by atoms with van der Waals surface area (Å²) in [7, 11) is 0. The third kappa shape index (κ3) is 6.45. The molecule has 0 atom stereocenters. The highest BCUT2D eigenvalue weighted by Gasteiger charge is 2.22. The van der Waals surface area contributed by atoms with E-state index in [1.165, 1.54) is 0 Å². The summed E-state index contributed by atoms with van der Waals surface area (Å²) in [5.74, 6) is -0.0317. The average molecular weight is 204 g/mol. The highest BCUT2D eigenvalue weighted by atomic mass is 32.1. The number of amides is 2. The number of nitrogens with one attached hydrogen (secondary N) is 1. The van der Waals surface area contributed by atoms with Gasteiger partial charge in [-0.15, -0.1) is 0 Å². The molecule has 0 bridgehead atoms. The van der Waals surface area contributed by atoms with Crippen LogP contribution in [-0.2, 0) is 9.59 Å². The number of primary amides is 1. The van der Waals surface area contributed by atoms with Crippen LogP contribution in [0.3, 0.4) is 0 Å². The molecule has 0 unspecified atom stereocenters. The smallest absolute Gasteiger partial charge is 0.221 e. The van der Waals surface area contributed by atoms with Gasteiger partial charge in [0.25, 0.3) is 0 Å². The van der Waals surface area contributed by atoms with Gasteiger partial charge in [-0.1, -0.05) is 0 Å². The van der Waals surface area contributed by atoms with Crippen molar-refractivity contribution >= 4 is 24.4 Å². The second kappa shape index (κ2) is 5.11. The summed E-state index contributed by atoms with van der Waals surface area (Å²) in [4.78, 5) is 21.7. The molecule has 0 fully saturated rings. The highest BCUT2D eigenvalue weighted by Crippen LogP contribution is 2.07. The zero-order chi connectivity index (χ0) is 10.5. The predicted molar refractivity (Wildman–Crippen MR) is 54.5 cm³/mol. The number of carbonyl (C=O) groups is 2. The summed E-state index contributed by atoms with van der Waals surface area (Å²) < 4.78 is 0. The fraction of sp³-hybridized carbons (Fsp3) is 0.750. The Morgan fingerprint density at radius 2 is 2.00 bits per heavy atom. The summed E-state index contributed by atoms with van der Waals surface area (Å²) in [6.07, 6.45) is 0.497. The SMILES string of the molecule is CC(C)(CC(N)=O)NC(=O)CCS. The molecule has 0 radical (unpaired) electrons. The molecule has 0 heterocycles. The Morgan fingerprint density at radius 3 is 2.38 bits per heavy atom. The molecule has 2 amide bonds. The van der Waals surface area contributed by atoms with E-state index in [-0.39, 0.29) is 12.3 Å². The van der Waals surface area contributed by atoms with Gasteiger partial charge in [-0.2, -0.15) is 12.6 Å². The van der Waals surface area contributed by atoms with Gasteiger partial charge in [-0.25, -0.2) is 0 Å². The molecule has 0 aromatic rings. The lowest BCUT2D eigenvalue weighted by Gasteiger charge is -2.24. The third-order valence-electron chi connectivity index (χ3n) is 1.43. The van der Waals surface area contributed by atoms with Crippen molar-refractivity contribution in [3.8, 4) is 0 Å². The molecule has 4 nitrogen and oxygen atoms in total. The summed E-state index contributed by atoms with van der Waals surface area (Å²) in [5, 5.41) is 2.70. The highest BCUT2D eigenvalue weighted by molar-refractivity contribution is 7.80. The first-order valence-electron chi connectivity index (χ1n) is 4.07.